The van der Waals surface area contributed by atoms with Crippen molar-refractivity contribution in [2.24, 2.45) is 7.05 Å². The van der Waals surface area contributed by atoms with E-state index in [0.717, 1.165) is 11.4 Å². The van der Waals surface area contributed by atoms with Crippen LogP contribution >= 0.6 is 0 Å². The predicted octanol–water partition coefficient (Wildman–Crippen LogP) is 2.76. The Morgan fingerprint density at radius 1 is 1.17 bits per heavy atom. The van der Waals surface area contributed by atoms with Crippen molar-refractivity contribution in [2.75, 3.05) is 5.32 Å². The number of rotatable bonds is 4. The summed E-state index contributed by atoms with van der Waals surface area (Å²) in [5.41, 5.74) is 3.69. The van der Waals surface area contributed by atoms with Crippen LogP contribution in [0.1, 0.15) is 16.1 Å². The van der Waals surface area contributed by atoms with Crippen molar-refractivity contribution in [1.82, 2.24) is 35.0 Å². The van der Waals surface area contributed by atoms with Gasteiger partial charge in [-0.1, -0.05) is 6.07 Å². The zero-order chi connectivity index (χ0) is 20.7. The summed E-state index contributed by atoms with van der Waals surface area (Å²) in [6.07, 6.45) is 3.06. The molecular weight excluding hydrogens is 384 g/mol. The third-order valence-corrected chi connectivity index (χ3v) is 4.70. The molecule has 0 spiro atoms. The van der Waals surface area contributed by atoms with E-state index >= 15 is 0 Å². The van der Waals surface area contributed by atoms with Crippen molar-refractivity contribution in [2.45, 2.75) is 6.92 Å². The van der Waals surface area contributed by atoms with E-state index in [1.165, 1.54) is 11.0 Å². The average molecular weight is 400 g/mol. The van der Waals surface area contributed by atoms with Gasteiger partial charge < -0.3 is 9.73 Å². The normalized spacial score (nSPS) is 11.1. The van der Waals surface area contributed by atoms with Crippen LogP contribution in [-0.2, 0) is 7.05 Å². The number of pyridine rings is 1. The van der Waals surface area contributed by atoms with Crippen LogP contribution in [0.3, 0.4) is 0 Å². The Morgan fingerprint density at radius 3 is 2.83 bits per heavy atom. The van der Waals surface area contributed by atoms with Gasteiger partial charge in [0, 0.05) is 12.7 Å². The molecule has 148 valence electrons. The number of aromatic nitrogens is 7. The molecule has 5 rings (SSSR count). The first-order chi connectivity index (χ1) is 14.6. The van der Waals surface area contributed by atoms with Gasteiger partial charge in [0.05, 0.1) is 28.6 Å². The van der Waals surface area contributed by atoms with Crippen molar-refractivity contribution in [1.29, 1.82) is 0 Å². The molecule has 0 bridgehead atoms. The van der Waals surface area contributed by atoms with E-state index in [2.05, 4.69) is 30.9 Å². The number of nitrogens with zero attached hydrogens (tertiary/aromatic N) is 7. The van der Waals surface area contributed by atoms with Crippen LogP contribution in [0.5, 0.6) is 0 Å². The molecule has 0 saturated carbocycles. The van der Waals surface area contributed by atoms with Gasteiger partial charge in [0.2, 0.25) is 0 Å². The first-order valence-corrected chi connectivity index (χ1v) is 9.13. The molecule has 0 saturated heterocycles. The Hall–Kier alpha value is -4.34. The largest absolute Gasteiger partial charge is 0.463 e. The lowest BCUT2D eigenvalue weighted by Gasteiger charge is -2.09. The van der Waals surface area contributed by atoms with Crippen molar-refractivity contribution in [3.63, 3.8) is 0 Å². The maximum Gasteiger partial charge on any atom is 0.256 e. The molecule has 5 aromatic rings. The molecule has 1 amide bonds. The summed E-state index contributed by atoms with van der Waals surface area (Å²) >= 11 is 0. The van der Waals surface area contributed by atoms with Crippen LogP contribution < -0.4 is 5.32 Å². The summed E-state index contributed by atoms with van der Waals surface area (Å²) in [6.45, 7) is 1.85. The van der Waals surface area contributed by atoms with Crippen LogP contribution in [0.25, 0.3) is 28.2 Å². The molecule has 4 heterocycles. The fourth-order valence-corrected chi connectivity index (χ4v) is 3.38. The first kappa shape index (κ1) is 17.7. The monoisotopic (exact) mass is 400 g/mol. The van der Waals surface area contributed by atoms with Gasteiger partial charge in [-0.05, 0) is 53.7 Å². The SMILES string of the molecule is Cc1nn(C)c2nc(-c3ccco3)cc(C(=O)Nc3cccc(-n4cnnn4)c3)c12. The number of carbonyl (C=O) groups excluding carboxylic acids is 1. The van der Waals surface area contributed by atoms with Crippen molar-refractivity contribution < 1.29 is 9.21 Å². The van der Waals surface area contributed by atoms with E-state index in [1.807, 2.05) is 19.1 Å². The highest BCUT2D eigenvalue weighted by atomic mass is 16.3. The number of aryl methyl sites for hydroxylation is 2. The van der Waals surface area contributed by atoms with Crippen molar-refractivity contribution in [3.8, 4) is 17.1 Å². The third kappa shape index (κ3) is 3.00. The van der Waals surface area contributed by atoms with Gasteiger partial charge in [0.1, 0.15) is 12.0 Å². The standard InChI is InChI=1S/C20H16N8O2/c1-12-18-15(10-16(17-7-4-8-30-17)23-19(18)27(2)24-12)20(29)22-13-5-3-6-14(9-13)28-11-21-25-26-28/h3-11H,1-2H3,(H,22,29). The van der Waals surface area contributed by atoms with Gasteiger partial charge in [-0.25, -0.2) is 9.67 Å². The highest BCUT2D eigenvalue weighted by Crippen LogP contribution is 2.28. The topological polar surface area (TPSA) is 117 Å². The number of hydrogen-bond donors (Lipinski definition) is 1. The number of furan rings is 1. The molecule has 10 heteroatoms. The maximum atomic E-state index is 13.3. The molecule has 0 aliphatic rings. The fraction of sp³-hybridized carbons (Fsp3) is 0.100. The van der Waals surface area contributed by atoms with E-state index < -0.39 is 0 Å². The number of fused-ring (bicyclic) bond motifs is 1. The van der Waals surface area contributed by atoms with Gasteiger partial charge in [-0.2, -0.15) is 5.10 Å². The molecule has 0 radical (unpaired) electrons. The molecule has 1 aromatic carbocycles. The predicted molar refractivity (Wildman–Crippen MR) is 108 cm³/mol. The molecular formula is C20H16N8O2. The zero-order valence-corrected chi connectivity index (χ0v) is 16.1. The third-order valence-electron chi connectivity index (χ3n) is 4.70. The molecule has 0 aliphatic heterocycles. The Bertz CT molecular complexity index is 1350. The smallest absolute Gasteiger partial charge is 0.256 e. The Kier molecular flexibility index (Phi) is 4.09. The minimum absolute atomic E-state index is 0.278. The highest BCUT2D eigenvalue weighted by molar-refractivity contribution is 6.13. The summed E-state index contributed by atoms with van der Waals surface area (Å²) in [4.78, 5) is 17.9. The Balaban J connectivity index is 1.57. The van der Waals surface area contributed by atoms with Gasteiger partial charge in [0.25, 0.3) is 5.91 Å². The van der Waals surface area contributed by atoms with Crippen LogP contribution in [0.15, 0.2) is 59.5 Å². The highest BCUT2D eigenvalue weighted by Gasteiger charge is 2.20. The quantitative estimate of drug-likeness (QED) is 0.493. The van der Waals surface area contributed by atoms with Gasteiger partial charge in [-0.15, -0.1) is 5.10 Å². The fourth-order valence-electron chi connectivity index (χ4n) is 3.38. The molecule has 10 nitrogen and oxygen atoms in total. The minimum Gasteiger partial charge on any atom is -0.463 e. The summed E-state index contributed by atoms with van der Waals surface area (Å²) in [7, 11) is 1.80. The second-order valence-corrected chi connectivity index (χ2v) is 6.70. The van der Waals surface area contributed by atoms with Crippen LogP contribution in [-0.4, -0.2) is 40.9 Å². The van der Waals surface area contributed by atoms with E-state index in [0.29, 0.717) is 33.7 Å². The number of benzene rings is 1. The molecule has 0 unspecified atom stereocenters. The Labute approximate surface area is 170 Å². The lowest BCUT2D eigenvalue weighted by Crippen LogP contribution is -2.13. The van der Waals surface area contributed by atoms with E-state index in [4.69, 9.17) is 4.42 Å². The summed E-state index contributed by atoms with van der Waals surface area (Å²) in [5.74, 6) is 0.297. The molecule has 30 heavy (non-hydrogen) atoms. The molecule has 0 fully saturated rings. The summed E-state index contributed by atoms with van der Waals surface area (Å²) in [5, 5.41) is 19.2. The Morgan fingerprint density at radius 2 is 2.07 bits per heavy atom. The van der Waals surface area contributed by atoms with E-state index in [-0.39, 0.29) is 5.91 Å². The minimum atomic E-state index is -0.278. The number of carbonyl (C=O) groups is 1. The van der Waals surface area contributed by atoms with E-state index in [1.54, 1.807) is 48.3 Å². The van der Waals surface area contributed by atoms with Crippen LogP contribution in [0, 0.1) is 6.92 Å². The van der Waals surface area contributed by atoms with E-state index in [9.17, 15) is 4.79 Å². The van der Waals surface area contributed by atoms with Crippen molar-refractivity contribution in [3.05, 3.63) is 66.3 Å². The average Bonchev–Trinajstić information content (AvgIpc) is 3.50. The second-order valence-electron chi connectivity index (χ2n) is 6.70. The maximum absolute atomic E-state index is 13.3. The number of amides is 1. The number of nitrogens with one attached hydrogen (secondary N) is 1. The lowest BCUT2D eigenvalue weighted by atomic mass is 10.1. The number of anilines is 1. The molecule has 1 N–H and O–H groups in total. The second kappa shape index (κ2) is 6.92. The summed E-state index contributed by atoms with van der Waals surface area (Å²) < 4.78 is 8.65. The number of hydrogen-bond acceptors (Lipinski definition) is 7. The number of tetrazole rings is 1. The van der Waals surface area contributed by atoms with Gasteiger partial charge >= 0.3 is 0 Å². The van der Waals surface area contributed by atoms with Gasteiger partial charge in [0.15, 0.2) is 11.4 Å². The van der Waals surface area contributed by atoms with Crippen molar-refractivity contribution >= 4 is 22.6 Å². The molecule has 4 aromatic heterocycles. The molecule has 0 atom stereocenters. The zero-order valence-electron chi connectivity index (χ0n) is 16.1. The van der Waals surface area contributed by atoms with Gasteiger partial charge in [-0.3, -0.25) is 9.48 Å². The van der Waals surface area contributed by atoms with Crippen LogP contribution in [0.2, 0.25) is 0 Å². The summed E-state index contributed by atoms with van der Waals surface area (Å²) in [6, 6.07) is 12.5. The lowest BCUT2D eigenvalue weighted by molar-refractivity contribution is 0.102. The molecule has 0 aliphatic carbocycles. The van der Waals surface area contributed by atoms with Crippen LogP contribution in [0.4, 0.5) is 5.69 Å². The first-order valence-electron chi connectivity index (χ1n) is 9.13.